The lowest BCUT2D eigenvalue weighted by Gasteiger charge is -2.11. The molecule has 0 saturated carbocycles. The van der Waals surface area contributed by atoms with Crippen LogP contribution in [0.1, 0.15) is 0 Å². The molecule has 0 spiro atoms. The van der Waals surface area contributed by atoms with Crippen LogP contribution < -0.4 is 0 Å². The zero-order valence-electron chi connectivity index (χ0n) is 22.1. The molecule has 1 N–H and O–H groups in total. The minimum atomic E-state index is 0.253. The zero-order valence-corrected chi connectivity index (χ0v) is 22.1. The van der Waals surface area contributed by atoms with Gasteiger partial charge in [-0.2, -0.15) is 0 Å². The van der Waals surface area contributed by atoms with E-state index >= 15 is 0 Å². The summed E-state index contributed by atoms with van der Waals surface area (Å²) in [5.41, 5.74) is 6.70. The second-order valence-corrected chi connectivity index (χ2v) is 9.88. The number of rotatable bonds is 5. The topological polar surface area (TPSA) is 58.9 Å². The van der Waals surface area contributed by atoms with Crippen LogP contribution in [0.2, 0.25) is 0 Å². The number of phenols is 1. The van der Waals surface area contributed by atoms with Crippen LogP contribution in [0.3, 0.4) is 0 Å². The van der Waals surface area contributed by atoms with Crippen LogP contribution in [-0.4, -0.2) is 20.1 Å². The normalized spacial score (nSPS) is 11.0. The van der Waals surface area contributed by atoms with E-state index in [1.54, 1.807) is 6.07 Å². The second-order valence-electron chi connectivity index (χ2n) is 9.88. The third-order valence-electron chi connectivity index (χ3n) is 7.23. The van der Waals surface area contributed by atoms with E-state index in [9.17, 15) is 5.11 Å². The molecule has 0 aliphatic heterocycles. The van der Waals surface area contributed by atoms with E-state index in [0.717, 1.165) is 49.7 Å². The highest BCUT2D eigenvalue weighted by molar-refractivity contribution is 5.99. The molecule has 0 saturated heterocycles. The number of hydrogen-bond acceptors (Lipinski definition) is 4. The summed E-state index contributed by atoms with van der Waals surface area (Å²) in [6.07, 6.45) is 0. The molecule has 0 amide bonds. The number of aromatic hydroxyl groups is 1. The zero-order chi connectivity index (χ0) is 27.6. The van der Waals surface area contributed by atoms with Crippen molar-refractivity contribution in [3.05, 3.63) is 146 Å². The van der Waals surface area contributed by atoms with Crippen LogP contribution in [0.25, 0.3) is 67.2 Å². The first-order chi connectivity index (χ1) is 20.2. The van der Waals surface area contributed by atoms with Gasteiger partial charge in [0.2, 0.25) is 0 Å². The third kappa shape index (κ3) is 4.83. The van der Waals surface area contributed by atoms with Crippen LogP contribution >= 0.6 is 0 Å². The Morgan fingerprint density at radius 1 is 0.366 bits per heavy atom. The highest BCUT2D eigenvalue weighted by Crippen LogP contribution is 2.37. The molecule has 4 nitrogen and oxygen atoms in total. The van der Waals surface area contributed by atoms with Gasteiger partial charge in [0.1, 0.15) is 5.75 Å². The minimum absolute atomic E-state index is 0.253. The van der Waals surface area contributed by atoms with Gasteiger partial charge in [0.05, 0.1) is 0 Å². The maximum atomic E-state index is 10.7. The van der Waals surface area contributed by atoms with E-state index in [1.807, 2.05) is 109 Å². The first kappa shape index (κ1) is 24.4. The van der Waals surface area contributed by atoms with E-state index in [1.165, 1.54) is 0 Å². The standard InChI is InChI=1S/C37H25N3O/c41-33-23-22-26-12-7-8-17-32(26)34(33)27-18-20-29(21-19-27)36-38-35(28-13-5-2-6-14-28)39-37(40-36)31-16-9-15-30(24-31)25-10-3-1-4-11-25/h1-24,41H. The molecule has 0 unspecified atom stereocenters. The lowest BCUT2D eigenvalue weighted by Crippen LogP contribution is -2.00. The monoisotopic (exact) mass is 527 g/mol. The fourth-order valence-electron chi connectivity index (χ4n) is 5.17. The Labute approximate surface area is 238 Å². The molecule has 1 aromatic heterocycles. The van der Waals surface area contributed by atoms with Gasteiger partial charge in [-0.25, -0.2) is 15.0 Å². The van der Waals surface area contributed by atoms with Gasteiger partial charge in [0.15, 0.2) is 17.5 Å². The summed E-state index contributed by atoms with van der Waals surface area (Å²) in [4.78, 5) is 14.7. The van der Waals surface area contributed by atoms with E-state index in [2.05, 4.69) is 30.3 Å². The van der Waals surface area contributed by atoms with Gasteiger partial charge in [-0.05, 0) is 39.6 Å². The predicted molar refractivity (Wildman–Crippen MR) is 166 cm³/mol. The molecule has 41 heavy (non-hydrogen) atoms. The number of phenolic OH excluding ortho intramolecular Hbond substituents is 1. The summed E-state index contributed by atoms with van der Waals surface area (Å²) in [6, 6.07) is 48.4. The highest BCUT2D eigenvalue weighted by atomic mass is 16.3. The molecule has 7 aromatic rings. The molecule has 6 aromatic carbocycles. The van der Waals surface area contributed by atoms with Crippen molar-refractivity contribution in [2.24, 2.45) is 0 Å². The fraction of sp³-hybridized carbons (Fsp3) is 0. The van der Waals surface area contributed by atoms with Gasteiger partial charge >= 0.3 is 0 Å². The van der Waals surface area contributed by atoms with E-state index in [0.29, 0.717) is 17.5 Å². The Hall–Kier alpha value is -5.61. The van der Waals surface area contributed by atoms with Gasteiger partial charge in [-0.3, -0.25) is 0 Å². The third-order valence-corrected chi connectivity index (χ3v) is 7.23. The summed E-state index contributed by atoms with van der Waals surface area (Å²) in [5.74, 6) is 2.07. The van der Waals surface area contributed by atoms with Gasteiger partial charge in [0.25, 0.3) is 0 Å². The Morgan fingerprint density at radius 2 is 0.878 bits per heavy atom. The molecule has 0 radical (unpaired) electrons. The molecular formula is C37H25N3O. The smallest absolute Gasteiger partial charge is 0.164 e. The number of aromatic nitrogens is 3. The highest BCUT2D eigenvalue weighted by Gasteiger charge is 2.14. The average Bonchev–Trinajstić information content (AvgIpc) is 3.05. The molecule has 1 heterocycles. The van der Waals surface area contributed by atoms with Crippen molar-refractivity contribution in [1.29, 1.82) is 0 Å². The van der Waals surface area contributed by atoms with Crippen molar-refractivity contribution in [2.45, 2.75) is 0 Å². The van der Waals surface area contributed by atoms with Crippen molar-refractivity contribution in [1.82, 2.24) is 15.0 Å². The van der Waals surface area contributed by atoms with Crippen molar-refractivity contribution >= 4 is 10.8 Å². The molecule has 4 heteroatoms. The van der Waals surface area contributed by atoms with Crippen LogP contribution in [-0.2, 0) is 0 Å². The summed E-state index contributed by atoms with van der Waals surface area (Å²) >= 11 is 0. The first-order valence-corrected chi connectivity index (χ1v) is 13.5. The Balaban J connectivity index is 1.34. The molecular weight excluding hydrogens is 502 g/mol. The summed E-state index contributed by atoms with van der Waals surface area (Å²) in [6.45, 7) is 0. The molecule has 194 valence electrons. The SMILES string of the molecule is Oc1ccc2ccccc2c1-c1ccc(-c2nc(-c3ccccc3)nc(-c3cccc(-c4ccccc4)c3)n2)cc1. The Morgan fingerprint density at radius 3 is 1.59 bits per heavy atom. The maximum absolute atomic E-state index is 10.7. The van der Waals surface area contributed by atoms with Crippen LogP contribution in [0.4, 0.5) is 0 Å². The molecule has 0 fully saturated rings. The lowest BCUT2D eigenvalue weighted by atomic mass is 9.96. The predicted octanol–water partition coefficient (Wildman–Crippen LogP) is 9.07. The van der Waals surface area contributed by atoms with Gasteiger partial charge in [-0.15, -0.1) is 0 Å². The summed E-state index contributed by atoms with van der Waals surface area (Å²) in [5, 5.41) is 12.8. The molecule has 7 rings (SSSR count). The van der Waals surface area contributed by atoms with Crippen molar-refractivity contribution in [3.8, 4) is 62.2 Å². The fourth-order valence-corrected chi connectivity index (χ4v) is 5.17. The van der Waals surface area contributed by atoms with Crippen molar-refractivity contribution in [3.63, 3.8) is 0 Å². The number of hydrogen-bond donors (Lipinski definition) is 1. The molecule has 0 atom stereocenters. The summed E-state index contributed by atoms with van der Waals surface area (Å²) in [7, 11) is 0. The maximum Gasteiger partial charge on any atom is 0.164 e. The van der Waals surface area contributed by atoms with Crippen LogP contribution in [0.15, 0.2) is 146 Å². The van der Waals surface area contributed by atoms with Gasteiger partial charge in [0, 0.05) is 22.3 Å². The van der Waals surface area contributed by atoms with Crippen molar-refractivity contribution < 1.29 is 5.11 Å². The molecule has 0 aliphatic rings. The summed E-state index contributed by atoms with van der Waals surface area (Å²) < 4.78 is 0. The number of fused-ring (bicyclic) bond motifs is 1. The van der Waals surface area contributed by atoms with Crippen molar-refractivity contribution in [2.75, 3.05) is 0 Å². The largest absolute Gasteiger partial charge is 0.507 e. The van der Waals surface area contributed by atoms with E-state index in [4.69, 9.17) is 15.0 Å². The van der Waals surface area contributed by atoms with Crippen LogP contribution in [0, 0.1) is 0 Å². The quantitative estimate of drug-likeness (QED) is 0.243. The molecule has 0 aliphatic carbocycles. The number of benzene rings is 6. The lowest BCUT2D eigenvalue weighted by molar-refractivity contribution is 0.478. The van der Waals surface area contributed by atoms with Crippen LogP contribution in [0.5, 0.6) is 5.75 Å². The first-order valence-electron chi connectivity index (χ1n) is 13.5. The molecule has 0 bridgehead atoms. The van der Waals surface area contributed by atoms with Gasteiger partial charge in [-0.1, -0.05) is 133 Å². The Kier molecular flexibility index (Phi) is 6.26. The average molecular weight is 528 g/mol. The van der Waals surface area contributed by atoms with E-state index in [-0.39, 0.29) is 5.75 Å². The Bertz CT molecular complexity index is 1990. The van der Waals surface area contributed by atoms with Gasteiger partial charge < -0.3 is 5.11 Å². The number of nitrogens with zero attached hydrogens (tertiary/aromatic N) is 3. The van der Waals surface area contributed by atoms with E-state index < -0.39 is 0 Å². The second kappa shape index (κ2) is 10.5. The minimum Gasteiger partial charge on any atom is -0.507 e.